The van der Waals surface area contributed by atoms with Gasteiger partial charge in [0.2, 0.25) is 5.88 Å². The second-order valence-electron chi connectivity index (χ2n) is 5.60. The first-order valence-electron chi connectivity index (χ1n) is 7.01. The molecule has 3 rings (SSSR count). The van der Waals surface area contributed by atoms with Crippen LogP contribution in [0.2, 0.25) is 0 Å². The summed E-state index contributed by atoms with van der Waals surface area (Å²) in [5.41, 5.74) is 1.08. The highest BCUT2D eigenvalue weighted by atomic mass is 16.5. The van der Waals surface area contributed by atoms with Crippen molar-refractivity contribution in [2.24, 2.45) is 0 Å². The third-order valence-corrected chi connectivity index (χ3v) is 3.67. The lowest BCUT2D eigenvalue weighted by Gasteiger charge is -2.28. The van der Waals surface area contributed by atoms with Gasteiger partial charge in [0.1, 0.15) is 16.9 Å². The monoisotopic (exact) mass is 301 g/mol. The van der Waals surface area contributed by atoms with Gasteiger partial charge < -0.3 is 18.9 Å². The lowest BCUT2D eigenvalue weighted by Crippen LogP contribution is -2.28. The summed E-state index contributed by atoms with van der Waals surface area (Å²) in [6.45, 7) is 3.96. The van der Waals surface area contributed by atoms with Gasteiger partial charge in [-0.05, 0) is 38.1 Å². The Morgan fingerprint density at radius 2 is 1.73 bits per heavy atom. The maximum absolute atomic E-state index is 5.97. The number of hydrogen-bond acceptors (Lipinski definition) is 5. The minimum atomic E-state index is -0.412. The standard InChI is InChI=1S/C17H19NO4/c1-17(2)9-8-11-14(20-4)10-6-7-12(19-3)15(21-5)13(10)18-16(11)22-17/h6-9H,1-5H3. The zero-order chi connectivity index (χ0) is 15.9. The fraction of sp³-hybridized carbons (Fsp3) is 0.353. The zero-order valence-corrected chi connectivity index (χ0v) is 13.4. The second-order valence-corrected chi connectivity index (χ2v) is 5.60. The molecule has 2 heterocycles. The van der Waals surface area contributed by atoms with E-state index < -0.39 is 5.60 Å². The molecule has 116 valence electrons. The van der Waals surface area contributed by atoms with E-state index in [4.69, 9.17) is 18.9 Å². The van der Waals surface area contributed by atoms with Gasteiger partial charge in [-0.2, -0.15) is 0 Å². The van der Waals surface area contributed by atoms with Crippen LogP contribution < -0.4 is 18.9 Å². The highest BCUT2D eigenvalue weighted by molar-refractivity contribution is 5.96. The average Bonchev–Trinajstić information content (AvgIpc) is 2.50. The average molecular weight is 301 g/mol. The van der Waals surface area contributed by atoms with Crippen LogP contribution in [0, 0.1) is 0 Å². The number of methoxy groups -OCH3 is 3. The molecule has 0 spiro atoms. The highest BCUT2D eigenvalue weighted by Crippen LogP contribution is 2.44. The van der Waals surface area contributed by atoms with Crippen LogP contribution in [0.25, 0.3) is 17.0 Å². The third kappa shape index (κ3) is 2.13. The van der Waals surface area contributed by atoms with Crippen LogP contribution in [-0.2, 0) is 0 Å². The summed E-state index contributed by atoms with van der Waals surface area (Å²) in [6, 6.07) is 3.76. The Morgan fingerprint density at radius 3 is 2.36 bits per heavy atom. The van der Waals surface area contributed by atoms with Gasteiger partial charge in [-0.3, -0.25) is 0 Å². The van der Waals surface area contributed by atoms with Gasteiger partial charge in [0.05, 0.1) is 26.9 Å². The number of rotatable bonds is 3. The van der Waals surface area contributed by atoms with E-state index in [-0.39, 0.29) is 0 Å². The molecular formula is C17H19NO4. The van der Waals surface area contributed by atoms with Gasteiger partial charge in [-0.15, -0.1) is 0 Å². The zero-order valence-electron chi connectivity index (χ0n) is 13.4. The summed E-state index contributed by atoms with van der Waals surface area (Å²) in [5, 5.41) is 0.854. The van der Waals surface area contributed by atoms with E-state index in [2.05, 4.69) is 4.98 Å². The Bertz CT molecular complexity index is 765. The molecule has 5 nitrogen and oxygen atoms in total. The first-order valence-corrected chi connectivity index (χ1v) is 7.01. The smallest absolute Gasteiger partial charge is 0.226 e. The molecule has 1 aromatic carbocycles. The SMILES string of the molecule is COc1ccc2c(OC)c3c(nc2c1OC)OC(C)(C)C=C3. The Kier molecular flexibility index (Phi) is 3.35. The van der Waals surface area contributed by atoms with Crippen LogP contribution in [0.15, 0.2) is 18.2 Å². The van der Waals surface area contributed by atoms with E-state index in [1.165, 1.54) is 0 Å². The Balaban J connectivity index is 2.37. The number of aromatic nitrogens is 1. The molecule has 0 atom stereocenters. The van der Waals surface area contributed by atoms with Crippen molar-refractivity contribution in [1.29, 1.82) is 0 Å². The topological polar surface area (TPSA) is 49.8 Å². The molecule has 0 N–H and O–H groups in total. The fourth-order valence-electron chi connectivity index (χ4n) is 2.62. The van der Waals surface area contributed by atoms with Crippen LogP contribution in [0.1, 0.15) is 19.4 Å². The number of fused-ring (bicyclic) bond motifs is 2. The lowest BCUT2D eigenvalue weighted by molar-refractivity contribution is 0.151. The van der Waals surface area contributed by atoms with Crippen molar-refractivity contribution < 1.29 is 18.9 Å². The fourth-order valence-corrected chi connectivity index (χ4v) is 2.62. The van der Waals surface area contributed by atoms with Gasteiger partial charge in [-0.1, -0.05) is 0 Å². The van der Waals surface area contributed by atoms with Crippen molar-refractivity contribution in [2.45, 2.75) is 19.4 Å². The van der Waals surface area contributed by atoms with Crippen LogP contribution in [0.5, 0.6) is 23.1 Å². The van der Waals surface area contributed by atoms with Gasteiger partial charge >= 0.3 is 0 Å². The first kappa shape index (κ1) is 14.5. The van der Waals surface area contributed by atoms with Crippen LogP contribution >= 0.6 is 0 Å². The van der Waals surface area contributed by atoms with Gasteiger partial charge in [-0.25, -0.2) is 4.98 Å². The summed E-state index contributed by atoms with van der Waals surface area (Å²) < 4.78 is 22.4. The summed E-state index contributed by atoms with van der Waals surface area (Å²) in [7, 11) is 4.83. The molecule has 22 heavy (non-hydrogen) atoms. The van der Waals surface area contributed by atoms with E-state index in [0.29, 0.717) is 28.6 Å². The number of hydrogen-bond donors (Lipinski definition) is 0. The van der Waals surface area contributed by atoms with Gasteiger partial charge in [0.25, 0.3) is 0 Å². The molecule has 1 aliphatic heterocycles. The normalized spacial score (nSPS) is 15.1. The molecule has 0 saturated carbocycles. The van der Waals surface area contributed by atoms with Gasteiger partial charge in [0.15, 0.2) is 11.5 Å². The van der Waals surface area contributed by atoms with E-state index in [9.17, 15) is 0 Å². The molecule has 1 aromatic heterocycles. The van der Waals surface area contributed by atoms with E-state index in [1.54, 1.807) is 21.3 Å². The molecule has 2 aromatic rings. The van der Waals surface area contributed by atoms with Crippen molar-refractivity contribution in [1.82, 2.24) is 4.98 Å². The summed E-state index contributed by atoms with van der Waals surface area (Å²) in [6.07, 6.45) is 3.98. The summed E-state index contributed by atoms with van der Waals surface area (Å²) in [4.78, 5) is 4.64. The predicted molar refractivity (Wildman–Crippen MR) is 85.1 cm³/mol. The van der Waals surface area contributed by atoms with Crippen molar-refractivity contribution in [3.8, 4) is 23.1 Å². The van der Waals surface area contributed by atoms with Crippen LogP contribution in [0.4, 0.5) is 0 Å². The first-order chi connectivity index (χ1) is 10.5. The molecule has 5 heteroatoms. The molecule has 1 aliphatic rings. The maximum Gasteiger partial charge on any atom is 0.226 e. The molecule has 0 fully saturated rings. The molecule has 0 aliphatic carbocycles. The molecule has 0 radical (unpaired) electrons. The predicted octanol–water partition coefficient (Wildman–Crippen LogP) is 3.44. The van der Waals surface area contributed by atoms with Gasteiger partial charge in [0, 0.05) is 5.39 Å². The largest absolute Gasteiger partial charge is 0.495 e. The van der Waals surface area contributed by atoms with Crippen molar-refractivity contribution in [3.05, 3.63) is 23.8 Å². The summed E-state index contributed by atoms with van der Waals surface area (Å²) >= 11 is 0. The third-order valence-electron chi connectivity index (χ3n) is 3.67. The Labute approximate surface area is 129 Å². The lowest BCUT2D eigenvalue weighted by atomic mass is 10.0. The minimum Gasteiger partial charge on any atom is -0.495 e. The molecule has 0 unspecified atom stereocenters. The van der Waals surface area contributed by atoms with Crippen molar-refractivity contribution in [3.63, 3.8) is 0 Å². The molecular weight excluding hydrogens is 282 g/mol. The minimum absolute atomic E-state index is 0.412. The van der Waals surface area contributed by atoms with E-state index >= 15 is 0 Å². The second kappa shape index (κ2) is 5.09. The number of benzene rings is 1. The quantitative estimate of drug-likeness (QED) is 0.869. The van der Waals surface area contributed by atoms with E-state index in [0.717, 1.165) is 10.9 Å². The van der Waals surface area contributed by atoms with E-state index in [1.807, 2.05) is 38.1 Å². The maximum atomic E-state index is 5.97. The Hall–Kier alpha value is -2.43. The molecule has 0 bridgehead atoms. The van der Waals surface area contributed by atoms with Crippen LogP contribution in [-0.4, -0.2) is 31.9 Å². The van der Waals surface area contributed by atoms with Crippen LogP contribution in [0.3, 0.4) is 0 Å². The number of nitrogens with zero attached hydrogens (tertiary/aromatic N) is 1. The summed E-state index contributed by atoms with van der Waals surface area (Å²) in [5.74, 6) is 2.43. The van der Waals surface area contributed by atoms with Crippen molar-refractivity contribution >= 4 is 17.0 Å². The highest BCUT2D eigenvalue weighted by Gasteiger charge is 2.27. The molecule has 0 amide bonds. The Morgan fingerprint density at radius 1 is 1.00 bits per heavy atom. The molecule has 0 saturated heterocycles. The van der Waals surface area contributed by atoms with Crippen molar-refractivity contribution in [2.75, 3.05) is 21.3 Å². The number of ether oxygens (including phenoxy) is 4. The number of pyridine rings is 1.